The quantitative estimate of drug-likeness (QED) is 0.306. The van der Waals surface area contributed by atoms with E-state index in [-0.39, 0.29) is 0 Å². The van der Waals surface area contributed by atoms with Gasteiger partial charge < -0.3 is 14.5 Å². The van der Waals surface area contributed by atoms with Crippen LogP contribution in [-0.4, -0.2) is 21.1 Å². The molecular weight excluding hydrogens is 583 g/mol. The summed E-state index contributed by atoms with van der Waals surface area (Å²) in [6, 6.07) is 61.2. The minimum atomic E-state index is -2.90. The highest BCUT2D eigenvalue weighted by atomic mass is 28.3. The zero-order valence-electron chi connectivity index (χ0n) is 24.5. The van der Waals surface area contributed by atoms with Crippen LogP contribution in [0.4, 0.5) is 0 Å². The predicted octanol–water partition coefficient (Wildman–Crippen LogP) is 3.98. The minimum absolute atomic E-state index is 0.807. The molecule has 1 aromatic heterocycles. The first-order chi connectivity index (χ1) is 22.3. The van der Waals surface area contributed by atoms with Gasteiger partial charge in [0, 0.05) is 0 Å². The first-order valence-electron chi connectivity index (χ1n) is 15.4. The van der Waals surface area contributed by atoms with E-state index in [9.17, 15) is 0 Å². The molecule has 0 fully saturated rings. The molecule has 2 aliphatic heterocycles. The predicted molar refractivity (Wildman–Crippen MR) is 188 cm³/mol. The van der Waals surface area contributed by atoms with Gasteiger partial charge in [-0.1, -0.05) is 158 Å². The third-order valence-corrected chi connectivity index (χ3v) is 18.9. The number of hydrogen-bond acceptors (Lipinski definition) is 2. The highest BCUT2D eigenvalue weighted by Crippen LogP contribution is 2.40. The summed E-state index contributed by atoms with van der Waals surface area (Å²) < 4.78 is 14.0. The minimum Gasteiger partial charge on any atom is -0.452 e. The lowest BCUT2D eigenvalue weighted by atomic mass is 10.3. The Balaban J connectivity index is 1.47. The number of benzene rings is 6. The summed E-state index contributed by atoms with van der Waals surface area (Å²) in [5.74, 6) is 3.39. The molecule has 6 aromatic carbocycles. The van der Waals surface area contributed by atoms with Crippen LogP contribution in [0.15, 0.2) is 170 Å². The van der Waals surface area contributed by atoms with Gasteiger partial charge in [-0.15, -0.1) is 0 Å². The van der Waals surface area contributed by atoms with E-state index in [2.05, 4.69) is 175 Å². The fourth-order valence-electron chi connectivity index (χ4n) is 7.69. The first-order valence-corrected chi connectivity index (χ1v) is 19.4. The topological polar surface area (TPSA) is 34.2 Å². The van der Waals surface area contributed by atoms with E-state index >= 15 is 0 Å². The van der Waals surface area contributed by atoms with Crippen LogP contribution in [-0.2, 0) is 0 Å². The van der Waals surface area contributed by atoms with Gasteiger partial charge in [0.25, 0.3) is 0 Å². The largest absolute Gasteiger partial charge is 0.452 e. The van der Waals surface area contributed by atoms with Gasteiger partial charge in [0.15, 0.2) is 11.5 Å². The van der Waals surface area contributed by atoms with E-state index in [1.807, 2.05) is 0 Å². The zero-order chi connectivity index (χ0) is 29.8. The van der Waals surface area contributed by atoms with E-state index in [1.54, 1.807) is 0 Å². The lowest BCUT2D eigenvalue weighted by Gasteiger charge is -2.37. The zero-order valence-corrected chi connectivity index (χ0v) is 26.5. The van der Waals surface area contributed by atoms with E-state index in [4.69, 9.17) is 9.47 Å². The average molecular weight is 612 g/mol. The molecule has 0 bridgehead atoms. The molecule has 0 saturated carbocycles. The lowest BCUT2D eigenvalue weighted by Crippen LogP contribution is -2.78. The van der Waals surface area contributed by atoms with Gasteiger partial charge in [-0.3, -0.25) is 0 Å². The van der Waals surface area contributed by atoms with Gasteiger partial charge >= 0.3 is 0 Å². The Hall–Kier alpha value is -5.37. The molecule has 214 valence electrons. The number of aromatic nitrogens is 1. The van der Waals surface area contributed by atoms with Crippen molar-refractivity contribution in [1.82, 2.24) is 4.98 Å². The van der Waals surface area contributed by atoms with Crippen molar-refractivity contribution in [2.45, 2.75) is 0 Å². The van der Waals surface area contributed by atoms with Crippen LogP contribution in [0.5, 0.6) is 23.0 Å². The second kappa shape index (κ2) is 10.1. The standard InChI is InChI=1S/C40H29NO2Si2/c1-5-17-29(18-6-1)44(30-19-7-2-8-20-30)35-27-15-13-25-33(35)42-37-38-40(41-39(37)44)45(31-21-9-3-10-22-31,32-23-11-4-12-24-32)36-28-16-14-26-34(36)43-38/h1-28,41H. The molecule has 0 radical (unpaired) electrons. The number of aromatic amines is 1. The van der Waals surface area contributed by atoms with Gasteiger partial charge in [0.05, 0.1) is 10.6 Å². The van der Waals surface area contributed by atoms with Gasteiger partial charge in [-0.25, -0.2) is 0 Å². The van der Waals surface area contributed by atoms with Crippen molar-refractivity contribution in [3.8, 4) is 23.0 Å². The maximum Gasteiger partial charge on any atom is 0.207 e. The molecular formula is C40H29NO2Si2. The van der Waals surface area contributed by atoms with Gasteiger partial charge in [-0.05, 0) is 43.3 Å². The Bertz CT molecular complexity index is 1930. The maximum atomic E-state index is 6.99. The first kappa shape index (κ1) is 26.1. The van der Waals surface area contributed by atoms with E-state index in [1.165, 1.54) is 31.1 Å². The van der Waals surface area contributed by atoms with E-state index in [0.29, 0.717) is 0 Å². The van der Waals surface area contributed by atoms with E-state index in [0.717, 1.165) is 33.6 Å². The number of para-hydroxylation sites is 2. The van der Waals surface area contributed by atoms with Crippen LogP contribution in [0, 0.1) is 0 Å². The monoisotopic (exact) mass is 611 g/mol. The number of fused-ring (bicyclic) bond motifs is 5. The highest BCUT2D eigenvalue weighted by Gasteiger charge is 2.56. The van der Waals surface area contributed by atoms with Crippen LogP contribution in [0.1, 0.15) is 0 Å². The number of H-pyrrole nitrogens is 1. The highest BCUT2D eigenvalue weighted by molar-refractivity contribution is 7.22. The molecule has 2 aliphatic rings. The molecule has 0 atom stereocenters. The normalized spacial score (nSPS) is 14.9. The smallest absolute Gasteiger partial charge is 0.207 e. The SMILES string of the molecule is c1ccc([Si]2(c3ccccc3)c3ccccc3Oc3c2[nH]c2c3Oc3ccccc3[Si]2(c2ccccc2)c2ccccc2)cc1. The van der Waals surface area contributed by atoms with Crippen LogP contribution in [0.3, 0.4) is 0 Å². The molecule has 0 unspecified atom stereocenters. The molecule has 9 rings (SSSR count). The summed E-state index contributed by atoms with van der Waals surface area (Å²) in [5.41, 5.74) is 0. The molecule has 0 amide bonds. The van der Waals surface area contributed by atoms with E-state index < -0.39 is 16.1 Å². The average Bonchev–Trinajstić information content (AvgIpc) is 3.49. The Labute approximate surface area is 264 Å². The molecule has 45 heavy (non-hydrogen) atoms. The van der Waals surface area contributed by atoms with Crippen molar-refractivity contribution >= 4 is 57.9 Å². The Morgan fingerprint density at radius 1 is 0.333 bits per heavy atom. The van der Waals surface area contributed by atoms with Gasteiger partial charge in [-0.2, -0.15) is 0 Å². The van der Waals surface area contributed by atoms with Crippen LogP contribution >= 0.6 is 0 Å². The van der Waals surface area contributed by atoms with Crippen molar-refractivity contribution in [3.63, 3.8) is 0 Å². The summed E-state index contributed by atoms with van der Waals surface area (Å²) in [6.45, 7) is 0. The van der Waals surface area contributed by atoms with Crippen LogP contribution < -0.4 is 51.2 Å². The molecule has 3 nitrogen and oxygen atoms in total. The number of hydrogen-bond donors (Lipinski definition) is 1. The fraction of sp³-hybridized carbons (Fsp3) is 0. The number of ether oxygens (including phenoxy) is 2. The second-order valence-corrected chi connectivity index (χ2v) is 19.1. The summed E-state index contributed by atoms with van der Waals surface area (Å²) in [5, 5.41) is 9.93. The van der Waals surface area contributed by atoms with Crippen molar-refractivity contribution in [2.24, 2.45) is 0 Å². The summed E-state index contributed by atoms with van der Waals surface area (Å²) >= 11 is 0. The van der Waals surface area contributed by atoms with Crippen molar-refractivity contribution in [2.75, 3.05) is 0 Å². The van der Waals surface area contributed by atoms with Crippen molar-refractivity contribution < 1.29 is 9.47 Å². The summed E-state index contributed by atoms with van der Waals surface area (Å²) in [7, 11) is -5.80. The molecule has 5 heteroatoms. The Morgan fingerprint density at radius 3 is 0.956 bits per heavy atom. The number of rotatable bonds is 4. The third kappa shape index (κ3) is 3.56. The summed E-state index contributed by atoms with van der Waals surface area (Å²) in [6.07, 6.45) is 0. The molecule has 0 spiro atoms. The number of nitrogens with one attached hydrogen (secondary N) is 1. The van der Waals surface area contributed by atoms with Crippen LogP contribution in [0.25, 0.3) is 0 Å². The van der Waals surface area contributed by atoms with Crippen LogP contribution in [0.2, 0.25) is 0 Å². The third-order valence-electron chi connectivity index (χ3n) is 9.49. The second-order valence-electron chi connectivity index (χ2n) is 11.7. The lowest BCUT2D eigenvalue weighted by molar-refractivity contribution is 0.427. The molecule has 7 aromatic rings. The molecule has 0 aliphatic carbocycles. The molecule has 1 N–H and O–H groups in total. The fourth-order valence-corrected chi connectivity index (χ4v) is 17.5. The van der Waals surface area contributed by atoms with Crippen molar-refractivity contribution in [1.29, 1.82) is 0 Å². The van der Waals surface area contributed by atoms with Gasteiger partial charge in [0.1, 0.15) is 11.5 Å². The van der Waals surface area contributed by atoms with Gasteiger partial charge in [0.2, 0.25) is 16.1 Å². The summed E-state index contributed by atoms with van der Waals surface area (Å²) in [4.78, 5) is 4.19. The van der Waals surface area contributed by atoms with Crippen molar-refractivity contribution in [3.05, 3.63) is 170 Å². The Kier molecular flexibility index (Phi) is 5.85. The molecule has 3 heterocycles. The maximum absolute atomic E-state index is 6.99. The Morgan fingerprint density at radius 2 is 0.622 bits per heavy atom. The molecule has 0 saturated heterocycles.